The van der Waals surface area contributed by atoms with Crippen molar-refractivity contribution in [2.75, 3.05) is 26.9 Å². The van der Waals surface area contributed by atoms with Gasteiger partial charge in [-0.3, -0.25) is 9.59 Å². The zero-order valence-corrected chi connectivity index (χ0v) is 10.9. The molecule has 0 aliphatic rings. The Balaban J connectivity index is 2.57. The van der Waals surface area contributed by atoms with Crippen LogP contribution in [0.15, 0.2) is 18.2 Å². The van der Waals surface area contributed by atoms with Crippen LogP contribution in [-0.4, -0.2) is 38.6 Å². The Labute approximate surface area is 110 Å². The van der Waals surface area contributed by atoms with Gasteiger partial charge in [-0.25, -0.2) is 4.39 Å². The number of halogens is 1. The lowest BCUT2D eigenvalue weighted by Gasteiger charge is -2.10. The number of benzene rings is 1. The maximum Gasteiger partial charge on any atom is 0.258 e. The van der Waals surface area contributed by atoms with Crippen LogP contribution in [0.2, 0.25) is 0 Å². The number of amides is 1. The molecule has 1 aromatic rings. The van der Waals surface area contributed by atoms with Gasteiger partial charge in [-0.15, -0.1) is 0 Å². The number of ketones is 1. The molecule has 1 amide bonds. The summed E-state index contributed by atoms with van der Waals surface area (Å²) < 4.78 is 23.0. The highest BCUT2D eigenvalue weighted by molar-refractivity contribution is 5.96. The molecule has 0 spiro atoms. The number of hydrogen-bond donors (Lipinski definition) is 1. The van der Waals surface area contributed by atoms with E-state index in [0.29, 0.717) is 13.2 Å². The summed E-state index contributed by atoms with van der Waals surface area (Å²) in [5, 5.41) is 2.57. The summed E-state index contributed by atoms with van der Waals surface area (Å²) in [5.41, 5.74) is 0.115. The van der Waals surface area contributed by atoms with Gasteiger partial charge in [0.25, 0.3) is 5.91 Å². The first-order valence-corrected chi connectivity index (χ1v) is 5.73. The number of hydrogen-bond acceptors (Lipinski definition) is 4. The van der Waals surface area contributed by atoms with Gasteiger partial charge in [0.15, 0.2) is 12.4 Å². The molecule has 1 rings (SSSR count). The molecule has 1 N–H and O–H groups in total. The highest BCUT2D eigenvalue weighted by atomic mass is 19.1. The maximum atomic E-state index is 13.0. The molecular formula is C13H16FNO4. The van der Waals surface area contributed by atoms with E-state index in [1.54, 1.807) is 0 Å². The minimum absolute atomic E-state index is 0.115. The molecule has 0 aromatic heterocycles. The average Bonchev–Trinajstić information content (AvgIpc) is 2.37. The van der Waals surface area contributed by atoms with Gasteiger partial charge in [-0.1, -0.05) is 0 Å². The Morgan fingerprint density at radius 2 is 2.11 bits per heavy atom. The summed E-state index contributed by atoms with van der Waals surface area (Å²) in [6, 6.07) is 3.58. The predicted octanol–water partition coefficient (Wildman–Crippen LogP) is 1.17. The van der Waals surface area contributed by atoms with Crippen LogP contribution in [0.4, 0.5) is 4.39 Å². The number of carbonyl (C=O) groups is 2. The molecule has 0 aliphatic heterocycles. The molecule has 0 fully saturated rings. The SMILES string of the molecule is COCCNC(=O)COc1ccc(F)cc1C(C)=O. The van der Waals surface area contributed by atoms with E-state index < -0.39 is 5.82 Å². The summed E-state index contributed by atoms with van der Waals surface area (Å²) in [6.45, 7) is 1.85. The summed E-state index contributed by atoms with van der Waals surface area (Å²) in [5.74, 6) is -0.997. The second-order valence-corrected chi connectivity index (χ2v) is 3.83. The van der Waals surface area contributed by atoms with Crippen LogP contribution in [0.25, 0.3) is 0 Å². The van der Waals surface area contributed by atoms with Crippen LogP contribution < -0.4 is 10.1 Å². The van der Waals surface area contributed by atoms with E-state index in [9.17, 15) is 14.0 Å². The Hall–Kier alpha value is -1.95. The first kappa shape index (κ1) is 15.1. The van der Waals surface area contributed by atoms with Crippen LogP contribution >= 0.6 is 0 Å². The zero-order valence-electron chi connectivity index (χ0n) is 10.9. The van der Waals surface area contributed by atoms with E-state index >= 15 is 0 Å². The lowest BCUT2D eigenvalue weighted by molar-refractivity contribution is -0.123. The molecule has 104 valence electrons. The quantitative estimate of drug-likeness (QED) is 0.596. The van der Waals surface area contributed by atoms with Gasteiger partial charge in [-0.2, -0.15) is 0 Å². The molecule has 0 bridgehead atoms. The number of ether oxygens (including phenoxy) is 2. The van der Waals surface area contributed by atoms with Gasteiger partial charge >= 0.3 is 0 Å². The van der Waals surface area contributed by atoms with E-state index in [1.807, 2.05) is 0 Å². The molecular weight excluding hydrogens is 253 g/mol. The Morgan fingerprint density at radius 3 is 2.74 bits per heavy atom. The van der Waals surface area contributed by atoms with Crippen LogP contribution in [0, 0.1) is 5.82 Å². The molecule has 0 saturated heterocycles. The normalized spacial score (nSPS) is 10.1. The first-order valence-electron chi connectivity index (χ1n) is 5.73. The minimum atomic E-state index is -0.526. The molecule has 0 unspecified atom stereocenters. The Kier molecular flexibility index (Phi) is 5.95. The molecule has 0 saturated carbocycles. The summed E-state index contributed by atoms with van der Waals surface area (Å²) in [7, 11) is 1.53. The van der Waals surface area contributed by atoms with Gasteiger partial charge in [0.1, 0.15) is 11.6 Å². The van der Waals surface area contributed by atoms with Crippen LogP contribution in [0.3, 0.4) is 0 Å². The van der Waals surface area contributed by atoms with E-state index in [4.69, 9.17) is 9.47 Å². The van der Waals surface area contributed by atoms with Crippen molar-refractivity contribution in [2.45, 2.75) is 6.92 Å². The van der Waals surface area contributed by atoms with Crippen LogP contribution in [0.5, 0.6) is 5.75 Å². The third-order valence-corrected chi connectivity index (χ3v) is 2.31. The van der Waals surface area contributed by atoms with E-state index in [2.05, 4.69) is 5.32 Å². The number of nitrogens with one attached hydrogen (secondary N) is 1. The van der Waals surface area contributed by atoms with Crippen molar-refractivity contribution < 1.29 is 23.5 Å². The lowest BCUT2D eigenvalue weighted by Crippen LogP contribution is -2.31. The molecule has 5 nitrogen and oxygen atoms in total. The van der Waals surface area contributed by atoms with Crippen molar-refractivity contribution in [1.29, 1.82) is 0 Å². The zero-order chi connectivity index (χ0) is 14.3. The van der Waals surface area contributed by atoms with Crippen molar-refractivity contribution in [3.8, 4) is 5.75 Å². The van der Waals surface area contributed by atoms with Crippen LogP contribution in [-0.2, 0) is 9.53 Å². The van der Waals surface area contributed by atoms with Crippen LogP contribution in [0.1, 0.15) is 17.3 Å². The third-order valence-electron chi connectivity index (χ3n) is 2.31. The summed E-state index contributed by atoms with van der Waals surface area (Å²) >= 11 is 0. The summed E-state index contributed by atoms with van der Waals surface area (Å²) in [4.78, 5) is 22.7. The van der Waals surface area contributed by atoms with Crippen molar-refractivity contribution in [1.82, 2.24) is 5.32 Å². The topological polar surface area (TPSA) is 64.6 Å². The van der Waals surface area contributed by atoms with Gasteiger partial charge in [0.05, 0.1) is 12.2 Å². The van der Waals surface area contributed by atoms with Crippen molar-refractivity contribution >= 4 is 11.7 Å². The number of carbonyl (C=O) groups excluding carboxylic acids is 2. The second kappa shape index (κ2) is 7.48. The van der Waals surface area contributed by atoms with Gasteiger partial charge < -0.3 is 14.8 Å². The van der Waals surface area contributed by atoms with Gasteiger partial charge in [-0.05, 0) is 25.1 Å². The van der Waals surface area contributed by atoms with E-state index in [1.165, 1.54) is 26.2 Å². The average molecular weight is 269 g/mol. The smallest absolute Gasteiger partial charge is 0.258 e. The molecule has 0 radical (unpaired) electrons. The third kappa shape index (κ3) is 5.05. The fourth-order valence-corrected chi connectivity index (χ4v) is 1.39. The maximum absolute atomic E-state index is 13.0. The minimum Gasteiger partial charge on any atom is -0.483 e. The largest absolute Gasteiger partial charge is 0.483 e. The fraction of sp³-hybridized carbons (Fsp3) is 0.385. The molecule has 0 heterocycles. The first-order chi connectivity index (χ1) is 9.04. The Bertz CT molecular complexity index is 462. The molecule has 1 aromatic carbocycles. The standard InChI is InChI=1S/C13H16FNO4/c1-9(16)11-7-10(14)3-4-12(11)19-8-13(17)15-5-6-18-2/h3-4,7H,5-6,8H2,1-2H3,(H,15,17). The monoisotopic (exact) mass is 269 g/mol. The number of Topliss-reactive ketones (excluding diaryl/α,β-unsaturated/α-hetero) is 1. The molecule has 19 heavy (non-hydrogen) atoms. The van der Waals surface area contributed by atoms with Crippen molar-refractivity contribution in [3.63, 3.8) is 0 Å². The second-order valence-electron chi connectivity index (χ2n) is 3.83. The summed E-state index contributed by atoms with van der Waals surface area (Å²) in [6.07, 6.45) is 0. The van der Waals surface area contributed by atoms with Gasteiger partial charge in [0, 0.05) is 13.7 Å². The van der Waals surface area contributed by atoms with Gasteiger partial charge in [0.2, 0.25) is 0 Å². The van der Waals surface area contributed by atoms with E-state index in [0.717, 1.165) is 6.07 Å². The highest BCUT2D eigenvalue weighted by Gasteiger charge is 2.11. The van der Waals surface area contributed by atoms with Crippen molar-refractivity contribution in [2.24, 2.45) is 0 Å². The lowest BCUT2D eigenvalue weighted by atomic mass is 10.1. The molecule has 0 atom stereocenters. The number of rotatable bonds is 7. The predicted molar refractivity (Wildman–Crippen MR) is 66.8 cm³/mol. The Morgan fingerprint density at radius 1 is 1.37 bits per heavy atom. The molecule has 6 heteroatoms. The number of methoxy groups -OCH3 is 1. The van der Waals surface area contributed by atoms with E-state index in [-0.39, 0.29) is 29.6 Å². The fourth-order valence-electron chi connectivity index (χ4n) is 1.39. The highest BCUT2D eigenvalue weighted by Crippen LogP contribution is 2.20. The molecule has 0 aliphatic carbocycles. The van der Waals surface area contributed by atoms with Crippen molar-refractivity contribution in [3.05, 3.63) is 29.6 Å².